The van der Waals surface area contributed by atoms with Gasteiger partial charge in [-0.25, -0.2) is 4.79 Å². The van der Waals surface area contributed by atoms with Gasteiger partial charge in [0.25, 0.3) is 10.1 Å². The standard InChI is InChI=1S/C11H21NO5S/c1-11(2,3)17-10(13)12-9-5-8(6-9)7-18(14,15)16-4/h8-9H,5-7H2,1-4H3,(H,12,13). The fraction of sp³-hybridized carbons (Fsp3) is 0.909. The smallest absolute Gasteiger partial charge is 0.407 e. The van der Waals surface area contributed by atoms with Gasteiger partial charge in [-0.2, -0.15) is 8.42 Å². The maximum Gasteiger partial charge on any atom is 0.407 e. The van der Waals surface area contributed by atoms with Gasteiger partial charge in [-0.1, -0.05) is 0 Å². The van der Waals surface area contributed by atoms with E-state index in [-0.39, 0.29) is 17.7 Å². The van der Waals surface area contributed by atoms with Gasteiger partial charge in [-0.15, -0.1) is 0 Å². The van der Waals surface area contributed by atoms with E-state index in [1.165, 1.54) is 0 Å². The van der Waals surface area contributed by atoms with Crippen LogP contribution in [0.2, 0.25) is 0 Å². The molecule has 0 radical (unpaired) electrons. The van der Waals surface area contributed by atoms with Gasteiger partial charge in [0.05, 0.1) is 12.9 Å². The van der Waals surface area contributed by atoms with Crippen LogP contribution in [-0.4, -0.2) is 39.0 Å². The van der Waals surface area contributed by atoms with E-state index in [2.05, 4.69) is 9.50 Å². The lowest BCUT2D eigenvalue weighted by Gasteiger charge is -2.35. The van der Waals surface area contributed by atoms with Crippen LogP contribution < -0.4 is 5.32 Å². The summed E-state index contributed by atoms with van der Waals surface area (Å²) in [6, 6.07) is -0.00286. The van der Waals surface area contributed by atoms with Gasteiger partial charge in [-0.05, 0) is 39.5 Å². The highest BCUT2D eigenvalue weighted by Gasteiger charge is 2.34. The highest BCUT2D eigenvalue weighted by Crippen LogP contribution is 2.29. The number of hydrogen-bond acceptors (Lipinski definition) is 5. The first-order valence-corrected chi connectivity index (χ1v) is 7.47. The van der Waals surface area contributed by atoms with Crippen LogP contribution in [0.1, 0.15) is 33.6 Å². The second kappa shape index (κ2) is 5.44. The van der Waals surface area contributed by atoms with Crippen LogP contribution in [0.3, 0.4) is 0 Å². The summed E-state index contributed by atoms with van der Waals surface area (Å²) in [5, 5.41) is 2.71. The molecule has 1 rings (SSSR count). The monoisotopic (exact) mass is 279 g/mol. The lowest BCUT2D eigenvalue weighted by atomic mass is 9.82. The first kappa shape index (κ1) is 15.2. The highest BCUT2D eigenvalue weighted by molar-refractivity contribution is 7.86. The third-order valence-electron chi connectivity index (χ3n) is 2.65. The average Bonchev–Trinajstić information content (AvgIpc) is 2.11. The summed E-state index contributed by atoms with van der Waals surface area (Å²) in [5.41, 5.74) is -0.521. The first-order valence-electron chi connectivity index (χ1n) is 5.89. The zero-order valence-corrected chi connectivity index (χ0v) is 12.0. The van der Waals surface area contributed by atoms with Crippen LogP contribution >= 0.6 is 0 Å². The van der Waals surface area contributed by atoms with Gasteiger partial charge in [0.1, 0.15) is 5.60 Å². The van der Waals surface area contributed by atoms with Crippen molar-refractivity contribution in [2.75, 3.05) is 12.9 Å². The summed E-state index contributed by atoms with van der Waals surface area (Å²) in [6.45, 7) is 5.38. The van der Waals surface area contributed by atoms with Crippen molar-refractivity contribution < 1.29 is 22.1 Å². The molecule has 6 nitrogen and oxygen atoms in total. The fourth-order valence-electron chi connectivity index (χ4n) is 1.82. The molecule has 0 saturated heterocycles. The summed E-state index contributed by atoms with van der Waals surface area (Å²) in [4.78, 5) is 11.4. The highest BCUT2D eigenvalue weighted by atomic mass is 32.2. The number of alkyl carbamates (subject to hydrolysis) is 1. The number of ether oxygens (including phenoxy) is 1. The van der Waals surface area contributed by atoms with Crippen molar-refractivity contribution in [2.24, 2.45) is 5.92 Å². The summed E-state index contributed by atoms with van der Waals surface area (Å²) < 4.78 is 31.9. The predicted octanol–water partition coefficient (Wildman–Crippen LogP) is 1.27. The zero-order valence-electron chi connectivity index (χ0n) is 11.2. The number of hydrogen-bond donors (Lipinski definition) is 1. The number of rotatable bonds is 4. The van der Waals surface area contributed by atoms with Gasteiger partial charge in [-0.3, -0.25) is 4.18 Å². The summed E-state index contributed by atoms with van der Waals surface area (Å²) in [5.74, 6) is 0.0607. The Labute approximate surface area is 108 Å². The normalized spacial score (nSPS) is 24.2. The third kappa shape index (κ3) is 5.22. The second-order valence-electron chi connectivity index (χ2n) is 5.57. The van der Waals surface area contributed by atoms with E-state index in [1.54, 1.807) is 20.8 Å². The lowest BCUT2D eigenvalue weighted by molar-refractivity contribution is 0.0459. The minimum absolute atomic E-state index is 0.00286. The number of nitrogens with one attached hydrogen (secondary N) is 1. The molecule has 1 aliphatic carbocycles. The molecule has 1 saturated carbocycles. The molecular weight excluding hydrogens is 258 g/mol. The maximum atomic E-state index is 11.4. The fourth-order valence-corrected chi connectivity index (χ4v) is 2.81. The molecular formula is C11H21NO5S. The summed E-state index contributed by atoms with van der Waals surface area (Å²) >= 11 is 0. The Kier molecular flexibility index (Phi) is 4.61. The van der Waals surface area contributed by atoms with Crippen LogP contribution in [0, 0.1) is 5.92 Å². The minimum Gasteiger partial charge on any atom is -0.444 e. The van der Waals surface area contributed by atoms with Crippen molar-refractivity contribution >= 4 is 16.2 Å². The first-order chi connectivity index (χ1) is 8.11. The second-order valence-corrected chi connectivity index (χ2v) is 7.35. The maximum absolute atomic E-state index is 11.4. The van der Waals surface area contributed by atoms with E-state index in [4.69, 9.17) is 4.74 Å². The van der Waals surface area contributed by atoms with Gasteiger partial charge in [0, 0.05) is 6.04 Å². The van der Waals surface area contributed by atoms with E-state index in [9.17, 15) is 13.2 Å². The van der Waals surface area contributed by atoms with E-state index < -0.39 is 21.8 Å². The van der Waals surface area contributed by atoms with Gasteiger partial charge in [0.2, 0.25) is 0 Å². The Morgan fingerprint density at radius 3 is 2.33 bits per heavy atom. The Balaban J connectivity index is 2.26. The van der Waals surface area contributed by atoms with E-state index in [0.29, 0.717) is 12.8 Å². The van der Waals surface area contributed by atoms with E-state index in [1.807, 2.05) is 0 Å². The molecule has 0 aliphatic heterocycles. The molecule has 0 aromatic carbocycles. The molecule has 7 heteroatoms. The summed E-state index contributed by atoms with van der Waals surface area (Å²) in [6.07, 6.45) is 0.824. The molecule has 1 fully saturated rings. The van der Waals surface area contributed by atoms with Crippen LogP contribution in [0.25, 0.3) is 0 Å². The van der Waals surface area contributed by atoms with Gasteiger partial charge in [0.15, 0.2) is 0 Å². The zero-order chi connectivity index (χ0) is 14.0. The van der Waals surface area contributed by atoms with Gasteiger partial charge < -0.3 is 10.1 Å². The molecule has 1 N–H and O–H groups in total. The van der Waals surface area contributed by atoms with E-state index >= 15 is 0 Å². The molecule has 0 spiro atoms. The molecule has 0 aromatic rings. The molecule has 1 aliphatic rings. The largest absolute Gasteiger partial charge is 0.444 e. The Morgan fingerprint density at radius 1 is 1.33 bits per heavy atom. The predicted molar refractivity (Wildman–Crippen MR) is 66.7 cm³/mol. The van der Waals surface area contributed by atoms with Crippen LogP contribution in [0.15, 0.2) is 0 Å². The van der Waals surface area contributed by atoms with Crippen LogP contribution in [0.4, 0.5) is 4.79 Å². The van der Waals surface area contributed by atoms with Crippen LogP contribution in [0.5, 0.6) is 0 Å². The van der Waals surface area contributed by atoms with Crippen molar-refractivity contribution in [1.29, 1.82) is 0 Å². The molecule has 0 bridgehead atoms. The quantitative estimate of drug-likeness (QED) is 0.784. The van der Waals surface area contributed by atoms with Crippen LogP contribution in [-0.2, 0) is 19.0 Å². The summed E-state index contributed by atoms with van der Waals surface area (Å²) in [7, 11) is -2.25. The number of carbonyl (C=O) groups is 1. The topological polar surface area (TPSA) is 81.7 Å². The number of carbonyl (C=O) groups excluding carboxylic acids is 1. The average molecular weight is 279 g/mol. The Bertz CT molecular complexity index is 392. The Morgan fingerprint density at radius 2 is 1.89 bits per heavy atom. The lowest BCUT2D eigenvalue weighted by Crippen LogP contribution is -2.47. The van der Waals surface area contributed by atoms with Crippen molar-refractivity contribution in [3.63, 3.8) is 0 Å². The molecule has 1 amide bonds. The molecule has 18 heavy (non-hydrogen) atoms. The third-order valence-corrected chi connectivity index (χ3v) is 4.04. The SMILES string of the molecule is COS(=O)(=O)CC1CC(NC(=O)OC(C)(C)C)C1. The van der Waals surface area contributed by atoms with Crippen molar-refractivity contribution in [1.82, 2.24) is 5.32 Å². The van der Waals surface area contributed by atoms with Crippen molar-refractivity contribution in [3.05, 3.63) is 0 Å². The molecule has 0 atom stereocenters. The minimum atomic E-state index is -3.40. The molecule has 0 heterocycles. The molecule has 0 aromatic heterocycles. The number of amides is 1. The van der Waals surface area contributed by atoms with Crippen molar-refractivity contribution in [3.8, 4) is 0 Å². The van der Waals surface area contributed by atoms with Crippen molar-refractivity contribution in [2.45, 2.75) is 45.3 Å². The van der Waals surface area contributed by atoms with Gasteiger partial charge >= 0.3 is 6.09 Å². The Hall–Kier alpha value is -0.820. The molecule has 106 valence electrons. The molecule has 0 unspecified atom stereocenters. The van der Waals surface area contributed by atoms with E-state index in [0.717, 1.165) is 7.11 Å².